The van der Waals surface area contributed by atoms with E-state index >= 15 is 0 Å². The van der Waals surface area contributed by atoms with Crippen molar-refractivity contribution in [2.24, 2.45) is 0 Å². The minimum atomic E-state index is 0.194. The van der Waals surface area contributed by atoms with Crippen LogP contribution in [-0.4, -0.2) is 6.61 Å². The summed E-state index contributed by atoms with van der Waals surface area (Å²) in [6.07, 6.45) is 0.793. The topological polar surface area (TPSA) is 9.23 Å². The molecular formula is C13H20O. The molecule has 0 N–H and O–H groups in total. The average molecular weight is 193 g/mol. The Bertz CT molecular complexity index is 284. The molecule has 0 saturated heterocycles. The van der Waals surface area contributed by atoms with Gasteiger partial charge in [-0.05, 0) is 29.5 Å². The van der Waals surface area contributed by atoms with Crippen LogP contribution in [0.1, 0.15) is 41.0 Å². The van der Waals surface area contributed by atoms with E-state index in [9.17, 15) is 0 Å². The Morgan fingerprint density at radius 2 is 1.86 bits per heavy atom. The zero-order valence-corrected chi connectivity index (χ0v) is 9.34. The number of benzene rings is 1. The maximum atomic E-state index is 7.00. The zero-order chi connectivity index (χ0) is 11.3. The third-order valence-corrected chi connectivity index (χ3v) is 2.13. The van der Waals surface area contributed by atoms with Gasteiger partial charge in [0.25, 0.3) is 0 Å². The molecule has 1 aromatic rings. The molecule has 1 heteroatoms. The van der Waals surface area contributed by atoms with Gasteiger partial charge in [0.1, 0.15) is 5.75 Å². The van der Waals surface area contributed by atoms with Crippen LogP contribution >= 0.6 is 0 Å². The molecule has 1 rings (SSSR count). The standard InChI is InChI=1S/C13H20O/c1-5-10-14-12-8-6-11(7-9-12)13(2,3)4/h6-9H,5,10H2,1-4H3/i1D. The van der Waals surface area contributed by atoms with Gasteiger partial charge < -0.3 is 4.74 Å². The van der Waals surface area contributed by atoms with Gasteiger partial charge in [0.15, 0.2) is 0 Å². The molecule has 1 nitrogen and oxygen atoms in total. The predicted octanol–water partition coefficient (Wildman–Crippen LogP) is 3.77. The van der Waals surface area contributed by atoms with E-state index in [-0.39, 0.29) is 5.41 Å². The highest BCUT2D eigenvalue weighted by atomic mass is 16.5. The van der Waals surface area contributed by atoms with Crippen LogP contribution in [-0.2, 0) is 5.41 Å². The van der Waals surface area contributed by atoms with E-state index in [1.54, 1.807) is 0 Å². The molecule has 0 atom stereocenters. The lowest BCUT2D eigenvalue weighted by molar-refractivity contribution is 0.317. The van der Waals surface area contributed by atoms with Gasteiger partial charge in [-0.3, -0.25) is 0 Å². The van der Waals surface area contributed by atoms with Gasteiger partial charge >= 0.3 is 0 Å². The summed E-state index contributed by atoms with van der Waals surface area (Å²) in [6, 6.07) is 8.22. The molecule has 0 saturated carbocycles. The molecule has 0 aliphatic heterocycles. The molecule has 0 bridgehead atoms. The van der Waals surface area contributed by atoms with Crippen LogP contribution in [0.3, 0.4) is 0 Å². The summed E-state index contributed by atoms with van der Waals surface area (Å²) in [7, 11) is 0. The van der Waals surface area contributed by atoms with E-state index < -0.39 is 0 Å². The molecule has 1 aromatic carbocycles. The van der Waals surface area contributed by atoms with Crippen molar-refractivity contribution in [3.63, 3.8) is 0 Å². The summed E-state index contributed by atoms with van der Waals surface area (Å²) in [5.74, 6) is 0.899. The Labute approximate surface area is 88.5 Å². The molecule has 0 aliphatic carbocycles. The smallest absolute Gasteiger partial charge is 0.119 e. The van der Waals surface area contributed by atoms with Crippen molar-refractivity contribution in [1.29, 1.82) is 0 Å². The first-order valence-corrected chi connectivity index (χ1v) is 5.06. The fourth-order valence-corrected chi connectivity index (χ4v) is 1.24. The summed E-state index contributed by atoms with van der Waals surface area (Å²) >= 11 is 0. The van der Waals surface area contributed by atoms with Crippen LogP contribution in [0.25, 0.3) is 0 Å². The van der Waals surface area contributed by atoms with Crippen molar-refractivity contribution >= 4 is 0 Å². The van der Waals surface area contributed by atoms with Crippen LogP contribution in [0.15, 0.2) is 24.3 Å². The molecule has 0 aliphatic rings. The maximum Gasteiger partial charge on any atom is 0.119 e. The molecule has 0 aromatic heterocycles. The van der Waals surface area contributed by atoms with Crippen LogP contribution < -0.4 is 4.74 Å². The monoisotopic (exact) mass is 193 g/mol. The Hall–Kier alpha value is -0.980. The fraction of sp³-hybridized carbons (Fsp3) is 0.538. The van der Waals surface area contributed by atoms with Gasteiger partial charge in [0.2, 0.25) is 0 Å². The Balaban J connectivity index is 2.57. The molecule has 0 radical (unpaired) electrons. The molecule has 0 heterocycles. The number of hydrogen-bond acceptors (Lipinski definition) is 1. The van der Waals surface area contributed by atoms with Gasteiger partial charge in [-0.15, -0.1) is 0 Å². The first-order valence-electron chi connectivity index (χ1n) is 5.77. The lowest BCUT2D eigenvalue weighted by Gasteiger charge is -2.19. The van der Waals surface area contributed by atoms with Crippen molar-refractivity contribution in [2.75, 3.05) is 6.61 Å². The van der Waals surface area contributed by atoms with Gasteiger partial charge in [-0.1, -0.05) is 39.8 Å². The summed E-state index contributed by atoms with van der Waals surface area (Å²) in [6.45, 7) is 7.66. The largest absolute Gasteiger partial charge is 0.494 e. The van der Waals surface area contributed by atoms with Gasteiger partial charge in [-0.25, -0.2) is 0 Å². The first-order chi connectivity index (χ1) is 7.04. The Morgan fingerprint density at radius 1 is 1.21 bits per heavy atom. The lowest BCUT2D eigenvalue weighted by atomic mass is 9.87. The number of rotatable bonds is 3. The number of hydrogen-bond donors (Lipinski definition) is 0. The molecule has 0 amide bonds. The second-order valence-corrected chi connectivity index (χ2v) is 4.48. The van der Waals surface area contributed by atoms with E-state index in [1.165, 1.54) is 5.56 Å². The highest BCUT2D eigenvalue weighted by Crippen LogP contribution is 2.24. The molecule has 78 valence electrons. The summed E-state index contributed by atoms with van der Waals surface area (Å²) in [4.78, 5) is 0. The van der Waals surface area contributed by atoms with Crippen LogP contribution in [0.2, 0.25) is 0 Å². The quantitative estimate of drug-likeness (QED) is 0.664. The van der Waals surface area contributed by atoms with E-state index in [0.717, 1.165) is 12.2 Å². The maximum absolute atomic E-state index is 7.00. The predicted molar refractivity (Wildman–Crippen MR) is 60.9 cm³/mol. The Kier molecular flexibility index (Phi) is 3.07. The van der Waals surface area contributed by atoms with Crippen LogP contribution in [0, 0.1) is 0 Å². The minimum absolute atomic E-state index is 0.194. The fourth-order valence-electron chi connectivity index (χ4n) is 1.24. The van der Waals surface area contributed by atoms with Crippen LogP contribution in [0.4, 0.5) is 0 Å². The van der Waals surface area contributed by atoms with E-state index in [0.29, 0.717) is 13.5 Å². The Morgan fingerprint density at radius 3 is 2.36 bits per heavy atom. The van der Waals surface area contributed by atoms with Crippen molar-refractivity contribution in [1.82, 2.24) is 0 Å². The van der Waals surface area contributed by atoms with Gasteiger partial charge in [0.05, 0.1) is 6.61 Å². The van der Waals surface area contributed by atoms with Crippen molar-refractivity contribution in [2.45, 2.75) is 39.5 Å². The van der Waals surface area contributed by atoms with Crippen molar-refractivity contribution in [3.8, 4) is 5.75 Å². The van der Waals surface area contributed by atoms with E-state index in [4.69, 9.17) is 6.11 Å². The molecular weight excluding hydrogens is 172 g/mol. The second-order valence-electron chi connectivity index (χ2n) is 4.48. The molecule has 0 fully saturated rings. The van der Waals surface area contributed by atoms with Crippen molar-refractivity contribution < 1.29 is 6.11 Å². The third kappa shape index (κ3) is 3.06. The second kappa shape index (κ2) is 4.50. The highest BCUT2D eigenvalue weighted by Gasteiger charge is 2.12. The normalized spacial score (nSPS) is 12.4. The number of ether oxygens (including phenoxy) is 1. The van der Waals surface area contributed by atoms with Gasteiger partial charge in [0, 0.05) is 1.37 Å². The SMILES string of the molecule is [2H]CCCOc1ccc(C(C)(C)C)cc1. The summed E-state index contributed by atoms with van der Waals surface area (Å²) in [5, 5.41) is 0. The third-order valence-electron chi connectivity index (χ3n) is 2.13. The van der Waals surface area contributed by atoms with Gasteiger partial charge in [-0.2, -0.15) is 0 Å². The average Bonchev–Trinajstić information content (AvgIpc) is 2.18. The van der Waals surface area contributed by atoms with Crippen molar-refractivity contribution in [3.05, 3.63) is 29.8 Å². The highest BCUT2D eigenvalue weighted by molar-refractivity contribution is 5.30. The minimum Gasteiger partial charge on any atom is -0.494 e. The molecule has 0 spiro atoms. The summed E-state index contributed by atoms with van der Waals surface area (Å²) < 4.78 is 12.5. The lowest BCUT2D eigenvalue weighted by Crippen LogP contribution is -2.10. The first kappa shape index (κ1) is 9.57. The molecule has 14 heavy (non-hydrogen) atoms. The van der Waals surface area contributed by atoms with Crippen LogP contribution in [0.5, 0.6) is 5.75 Å². The van der Waals surface area contributed by atoms with E-state index in [1.807, 2.05) is 12.1 Å². The van der Waals surface area contributed by atoms with E-state index in [2.05, 4.69) is 32.9 Å². The zero-order valence-electron chi connectivity index (χ0n) is 10.3. The molecule has 0 unspecified atom stereocenters. The summed E-state index contributed by atoms with van der Waals surface area (Å²) in [5.41, 5.74) is 1.51.